The average Bonchev–Trinajstić information content (AvgIpc) is 2.40. The number of nitrogens with zero attached hydrogens (tertiary/aromatic N) is 4. The first-order valence-electron chi connectivity index (χ1n) is 6.05. The van der Waals surface area contributed by atoms with Gasteiger partial charge in [-0.3, -0.25) is 0 Å². The number of likely N-dealkylation sites (tertiary alicyclic amines) is 1. The van der Waals surface area contributed by atoms with Gasteiger partial charge in [0.2, 0.25) is 0 Å². The molecule has 0 atom stereocenters. The molecule has 6 nitrogen and oxygen atoms in total. The monoisotopic (exact) mass is 279 g/mol. The van der Waals surface area contributed by atoms with Gasteiger partial charge < -0.3 is 10.2 Å². The molecular weight excluding hydrogens is 266 g/mol. The maximum atomic E-state index is 12.0. The largest absolute Gasteiger partial charge is 0.325 e. The first kappa shape index (κ1) is 13.5. The minimum atomic E-state index is -0.151. The lowest BCUT2D eigenvalue weighted by atomic mass is 10.1. The number of piperidine rings is 1. The van der Waals surface area contributed by atoms with Crippen LogP contribution in [0.4, 0.5) is 10.5 Å². The van der Waals surface area contributed by atoms with Crippen molar-refractivity contribution in [2.75, 3.05) is 18.4 Å². The highest BCUT2D eigenvalue weighted by Gasteiger charge is 2.21. The van der Waals surface area contributed by atoms with Crippen molar-refractivity contribution in [1.82, 2.24) is 4.90 Å². The fourth-order valence-corrected chi connectivity index (χ4v) is 2.22. The molecule has 1 aliphatic heterocycles. The zero-order valence-corrected chi connectivity index (χ0v) is 11.0. The van der Waals surface area contributed by atoms with Gasteiger partial charge in [-0.05, 0) is 36.6 Å². The molecule has 2 rings (SSSR count). The number of azide groups is 1. The molecule has 19 heavy (non-hydrogen) atoms. The maximum Gasteiger partial charge on any atom is 0.321 e. The topological polar surface area (TPSA) is 81.1 Å². The molecule has 0 aromatic heterocycles. The summed E-state index contributed by atoms with van der Waals surface area (Å²) in [6.45, 7) is 1.19. The molecule has 1 fully saturated rings. The lowest BCUT2D eigenvalue weighted by Gasteiger charge is -2.29. The lowest BCUT2D eigenvalue weighted by Crippen LogP contribution is -2.41. The first-order valence-corrected chi connectivity index (χ1v) is 6.42. The van der Waals surface area contributed by atoms with Crippen LogP contribution in [0.1, 0.15) is 12.8 Å². The van der Waals surface area contributed by atoms with Crippen LogP contribution in [0, 0.1) is 0 Å². The molecule has 1 aromatic rings. The van der Waals surface area contributed by atoms with E-state index >= 15 is 0 Å². The van der Waals surface area contributed by atoms with Crippen LogP contribution >= 0.6 is 11.6 Å². The van der Waals surface area contributed by atoms with Gasteiger partial charge in [0, 0.05) is 34.8 Å². The SMILES string of the molecule is [N-]=[N+]=NC1CCN(C(=O)Nc2cccc(Cl)c2)CC1. The second kappa shape index (κ2) is 6.31. The molecule has 0 spiro atoms. The van der Waals surface area contributed by atoms with Gasteiger partial charge >= 0.3 is 6.03 Å². The minimum Gasteiger partial charge on any atom is -0.325 e. The molecule has 0 unspecified atom stereocenters. The van der Waals surface area contributed by atoms with Crippen LogP contribution in [0.3, 0.4) is 0 Å². The Bertz CT molecular complexity index is 507. The molecule has 0 bridgehead atoms. The molecule has 1 heterocycles. The summed E-state index contributed by atoms with van der Waals surface area (Å²) < 4.78 is 0. The van der Waals surface area contributed by atoms with Crippen molar-refractivity contribution in [2.24, 2.45) is 5.11 Å². The van der Waals surface area contributed by atoms with Crippen LogP contribution in [0.2, 0.25) is 5.02 Å². The number of nitrogens with one attached hydrogen (secondary N) is 1. The predicted octanol–water partition coefficient (Wildman–Crippen LogP) is 3.65. The van der Waals surface area contributed by atoms with E-state index in [0.29, 0.717) is 36.6 Å². The van der Waals surface area contributed by atoms with Crippen LogP contribution in [-0.4, -0.2) is 30.1 Å². The molecule has 1 aromatic carbocycles. The van der Waals surface area contributed by atoms with E-state index in [1.165, 1.54) is 0 Å². The molecule has 0 radical (unpaired) electrons. The predicted molar refractivity (Wildman–Crippen MR) is 74.2 cm³/mol. The zero-order valence-electron chi connectivity index (χ0n) is 10.3. The summed E-state index contributed by atoms with van der Waals surface area (Å²) in [5.41, 5.74) is 9.04. The molecule has 1 saturated heterocycles. The van der Waals surface area contributed by atoms with Gasteiger partial charge in [0.25, 0.3) is 0 Å². The van der Waals surface area contributed by atoms with Gasteiger partial charge in [0.15, 0.2) is 0 Å². The van der Waals surface area contributed by atoms with Crippen molar-refractivity contribution in [2.45, 2.75) is 18.9 Å². The number of rotatable bonds is 2. The molecule has 7 heteroatoms. The van der Waals surface area contributed by atoms with E-state index in [1.807, 2.05) is 0 Å². The zero-order chi connectivity index (χ0) is 13.7. The van der Waals surface area contributed by atoms with Crippen LogP contribution in [0.25, 0.3) is 10.4 Å². The van der Waals surface area contributed by atoms with E-state index in [1.54, 1.807) is 29.2 Å². The Labute approximate surface area is 116 Å². The standard InChI is InChI=1S/C12H14ClN5O/c13-9-2-1-3-11(8-9)15-12(19)18-6-4-10(5-7-18)16-17-14/h1-3,8,10H,4-7H2,(H,15,19). The first-order chi connectivity index (χ1) is 9.19. The van der Waals surface area contributed by atoms with Gasteiger partial charge in [-0.1, -0.05) is 22.8 Å². The van der Waals surface area contributed by atoms with Crippen LogP contribution in [0.5, 0.6) is 0 Å². The highest BCUT2D eigenvalue weighted by atomic mass is 35.5. The average molecular weight is 280 g/mol. The lowest BCUT2D eigenvalue weighted by molar-refractivity contribution is 0.195. The Hall–Kier alpha value is -1.91. The molecule has 0 aliphatic carbocycles. The van der Waals surface area contributed by atoms with Gasteiger partial charge in [-0.25, -0.2) is 4.79 Å². The van der Waals surface area contributed by atoms with E-state index in [-0.39, 0.29) is 12.1 Å². The van der Waals surface area contributed by atoms with Gasteiger partial charge in [-0.15, -0.1) is 0 Å². The summed E-state index contributed by atoms with van der Waals surface area (Å²) in [5.74, 6) is 0. The Kier molecular flexibility index (Phi) is 4.49. The summed E-state index contributed by atoms with van der Waals surface area (Å²) in [4.78, 5) is 16.5. The smallest absolute Gasteiger partial charge is 0.321 e. The highest BCUT2D eigenvalue weighted by molar-refractivity contribution is 6.30. The van der Waals surface area contributed by atoms with Gasteiger partial charge in [0.1, 0.15) is 0 Å². The minimum absolute atomic E-state index is 0.000203. The molecule has 100 valence electrons. The molecular formula is C12H14ClN5O. The third kappa shape index (κ3) is 3.77. The number of carbonyl (C=O) groups excluding carboxylic acids is 1. The number of urea groups is 1. The van der Waals surface area contributed by atoms with Crippen LogP contribution in [0.15, 0.2) is 29.4 Å². The summed E-state index contributed by atoms with van der Waals surface area (Å²) in [5, 5.41) is 7.06. The third-order valence-electron chi connectivity index (χ3n) is 3.04. The molecule has 0 saturated carbocycles. The van der Waals surface area contributed by atoms with E-state index in [9.17, 15) is 4.79 Å². The Morgan fingerprint density at radius 1 is 1.47 bits per heavy atom. The Morgan fingerprint density at radius 3 is 2.84 bits per heavy atom. The van der Waals surface area contributed by atoms with Crippen LogP contribution < -0.4 is 5.32 Å². The second-order valence-electron chi connectivity index (χ2n) is 4.36. The van der Waals surface area contributed by atoms with Crippen molar-refractivity contribution in [3.05, 3.63) is 39.7 Å². The van der Waals surface area contributed by atoms with E-state index in [0.717, 1.165) is 0 Å². The fourth-order valence-electron chi connectivity index (χ4n) is 2.03. The summed E-state index contributed by atoms with van der Waals surface area (Å²) in [6, 6.07) is 6.87. The molecule has 2 amide bonds. The fraction of sp³-hybridized carbons (Fsp3) is 0.417. The number of halogens is 1. The van der Waals surface area contributed by atoms with Gasteiger partial charge in [0.05, 0.1) is 0 Å². The van der Waals surface area contributed by atoms with Crippen LogP contribution in [-0.2, 0) is 0 Å². The maximum absolute atomic E-state index is 12.0. The second-order valence-corrected chi connectivity index (χ2v) is 4.80. The Morgan fingerprint density at radius 2 is 2.21 bits per heavy atom. The molecule has 1 N–H and O–H groups in total. The number of amides is 2. The van der Waals surface area contributed by atoms with E-state index in [2.05, 4.69) is 15.3 Å². The summed E-state index contributed by atoms with van der Waals surface area (Å²) >= 11 is 5.86. The number of hydrogen-bond donors (Lipinski definition) is 1. The normalized spacial score (nSPS) is 15.7. The Balaban J connectivity index is 1.89. The van der Waals surface area contributed by atoms with Gasteiger partial charge in [-0.2, -0.15) is 0 Å². The number of anilines is 1. The number of benzene rings is 1. The van der Waals surface area contributed by atoms with Crippen molar-refractivity contribution in [3.8, 4) is 0 Å². The van der Waals surface area contributed by atoms with Crippen molar-refractivity contribution in [3.63, 3.8) is 0 Å². The van der Waals surface area contributed by atoms with Crippen molar-refractivity contribution in [1.29, 1.82) is 0 Å². The number of hydrogen-bond acceptors (Lipinski definition) is 2. The highest BCUT2D eigenvalue weighted by Crippen LogP contribution is 2.18. The summed E-state index contributed by atoms with van der Waals surface area (Å²) in [7, 11) is 0. The van der Waals surface area contributed by atoms with Crippen molar-refractivity contribution < 1.29 is 4.79 Å². The van der Waals surface area contributed by atoms with Crippen molar-refractivity contribution >= 4 is 23.3 Å². The quantitative estimate of drug-likeness (QED) is 0.500. The molecule has 1 aliphatic rings. The third-order valence-corrected chi connectivity index (χ3v) is 3.28. The van der Waals surface area contributed by atoms with E-state index in [4.69, 9.17) is 17.1 Å². The number of carbonyl (C=O) groups is 1. The van der Waals surface area contributed by atoms with E-state index < -0.39 is 0 Å². The summed E-state index contributed by atoms with van der Waals surface area (Å²) in [6.07, 6.45) is 1.40.